The topological polar surface area (TPSA) is 89.5 Å². The van der Waals surface area contributed by atoms with Gasteiger partial charge in [-0.25, -0.2) is 8.42 Å². The number of hydrogen-bond acceptors (Lipinski definition) is 5. The van der Waals surface area contributed by atoms with Gasteiger partial charge < -0.3 is 19.3 Å². The molecule has 0 aromatic heterocycles. The molecule has 1 amide bonds. The van der Waals surface area contributed by atoms with Gasteiger partial charge in [0, 0.05) is 38.3 Å². The Morgan fingerprint density at radius 1 is 0.556 bits per heavy atom. The second-order valence-corrected chi connectivity index (χ2v) is 21.0. The molecule has 0 saturated carbocycles. The van der Waals surface area contributed by atoms with Gasteiger partial charge in [-0.15, -0.1) is 0 Å². The number of nitrogens with one attached hydrogen (secondary N) is 1. The number of unbranched alkanes of at least 4 members (excludes halogenated alkanes) is 27. The van der Waals surface area contributed by atoms with Crippen molar-refractivity contribution in [3.8, 4) is 0 Å². The van der Waals surface area contributed by atoms with E-state index in [9.17, 15) is 17.8 Å². The van der Waals surface area contributed by atoms with E-state index in [-0.39, 0.29) is 10.8 Å². The molecule has 0 aliphatic rings. The Hall–Kier alpha value is -2.42. The molecule has 1 unspecified atom stereocenters. The zero-order valence-corrected chi connectivity index (χ0v) is 43.0. The highest BCUT2D eigenvalue weighted by atomic mass is 32.2. The molecule has 8 heteroatoms. The molecule has 1 atom stereocenters. The van der Waals surface area contributed by atoms with E-state index in [4.69, 9.17) is 0 Å². The van der Waals surface area contributed by atoms with Crippen LogP contribution in [-0.2, 0) is 10.1 Å². The Morgan fingerprint density at radius 2 is 0.905 bits per heavy atom. The van der Waals surface area contributed by atoms with Crippen LogP contribution >= 0.6 is 0 Å². The molecule has 0 saturated heterocycles. The van der Waals surface area contributed by atoms with Crippen LogP contribution in [0.2, 0.25) is 0 Å². The molecule has 2 rings (SSSR count). The smallest absolute Gasteiger partial charge is 0.251 e. The lowest BCUT2D eigenvalue weighted by Crippen LogP contribution is -2.50. The van der Waals surface area contributed by atoms with Gasteiger partial charge in [0.15, 0.2) is 0 Å². The van der Waals surface area contributed by atoms with Gasteiger partial charge in [0.1, 0.15) is 10.1 Å². The lowest BCUT2D eigenvalue weighted by atomic mass is 9.97. The first-order valence-electron chi connectivity index (χ1n) is 26.2. The number of amides is 1. The number of nitrogens with zero attached hydrogens (tertiary/aromatic N) is 2. The summed E-state index contributed by atoms with van der Waals surface area (Å²) >= 11 is 0. The van der Waals surface area contributed by atoms with Crippen molar-refractivity contribution >= 4 is 21.7 Å². The summed E-state index contributed by atoms with van der Waals surface area (Å²) in [4.78, 5) is 14.7. The van der Waals surface area contributed by atoms with Crippen LogP contribution in [0.15, 0.2) is 53.4 Å². The summed E-state index contributed by atoms with van der Waals surface area (Å²) in [6.45, 7) is 8.31. The summed E-state index contributed by atoms with van der Waals surface area (Å²) in [5.74, 6) is 0.0485. The van der Waals surface area contributed by atoms with Gasteiger partial charge >= 0.3 is 0 Å². The largest absolute Gasteiger partial charge is 0.744 e. The van der Waals surface area contributed by atoms with Crippen molar-refractivity contribution in [1.82, 2.24) is 5.32 Å². The third kappa shape index (κ3) is 32.0. The maximum atomic E-state index is 12.8. The Morgan fingerprint density at radius 3 is 1.24 bits per heavy atom. The molecule has 0 bridgehead atoms. The average Bonchev–Trinajstić information content (AvgIpc) is 3.25. The first-order valence-corrected chi connectivity index (χ1v) is 27.6. The van der Waals surface area contributed by atoms with Gasteiger partial charge in [-0.1, -0.05) is 205 Å². The highest BCUT2D eigenvalue weighted by molar-refractivity contribution is 7.85. The summed E-state index contributed by atoms with van der Waals surface area (Å²) < 4.78 is 32.3. The number of anilines is 1. The quantitative estimate of drug-likeness (QED) is 0.0410. The first-order chi connectivity index (χ1) is 30.3. The van der Waals surface area contributed by atoms with Crippen molar-refractivity contribution in [2.45, 2.75) is 237 Å². The maximum absolute atomic E-state index is 12.8. The first kappa shape index (κ1) is 58.6. The molecule has 0 spiro atoms. The summed E-state index contributed by atoms with van der Waals surface area (Å²) in [6.07, 6.45) is 45.2. The molecule has 0 aliphatic carbocycles. The monoisotopic (exact) mass is 898 g/mol. The minimum absolute atomic E-state index is 0.0485. The summed E-state index contributed by atoms with van der Waals surface area (Å²) in [7, 11) is 4.71. The SMILES string of the molecule is CCCCCCCCCCCCCCCCCC(CCCCCCCCCCCCCCCC)[N+](C)(C)CCCNC(=O)c1ccc(N(C)C)cc1.Cc1ccc(S(=O)(=O)[O-])cc1. The molecule has 7 nitrogen and oxygen atoms in total. The number of carbonyl (C=O) groups is 1. The maximum Gasteiger partial charge on any atom is 0.251 e. The zero-order chi connectivity index (χ0) is 46.4. The van der Waals surface area contributed by atoms with Gasteiger partial charge in [-0.2, -0.15) is 0 Å². The molecule has 2 aromatic carbocycles. The molecular weight excluding hydrogens is 799 g/mol. The summed E-state index contributed by atoms with van der Waals surface area (Å²) in [5.41, 5.74) is 2.80. The van der Waals surface area contributed by atoms with Gasteiger partial charge in [0.2, 0.25) is 0 Å². The van der Waals surface area contributed by atoms with Crippen molar-refractivity contribution in [2.75, 3.05) is 46.2 Å². The molecule has 0 radical (unpaired) electrons. The number of hydrogen-bond donors (Lipinski definition) is 1. The predicted molar refractivity (Wildman–Crippen MR) is 272 cm³/mol. The van der Waals surface area contributed by atoms with E-state index in [1.807, 2.05) is 45.3 Å². The number of rotatable bonds is 39. The minimum Gasteiger partial charge on any atom is -0.744 e. The van der Waals surface area contributed by atoms with Crippen LogP contribution in [0.3, 0.4) is 0 Å². The fraction of sp³-hybridized carbons (Fsp3) is 0.764. The Bertz CT molecular complexity index is 1460. The number of benzene rings is 2. The van der Waals surface area contributed by atoms with Gasteiger partial charge in [-0.05, 0) is 69.0 Å². The zero-order valence-electron chi connectivity index (χ0n) is 42.2. The van der Waals surface area contributed by atoms with Gasteiger partial charge in [0.25, 0.3) is 5.91 Å². The number of carbonyl (C=O) groups excluding carboxylic acids is 1. The highest BCUT2D eigenvalue weighted by Gasteiger charge is 2.27. The number of aryl methyl sites for hydroxylation is 1. The Labute approximate surface area is 390 Å². The van der Waals surface area contributed by atoms with Crippen LogP contribution in [0, 0.1) is 6.92 Å². The predicted octanol–water partition coefficient (Wildman–Crippen LogP) is 15.3. The van der Waals surface area contributed by atoms with Crippen LogP contribution in [0.25, 0.3) is 0 Å². The van der Waals surface area contributed by atoms with Crippen LogP contribution in [-0.4, -0.2) is 70.7 Å². The van der Waals surface area contributed by atoms with Crippen molar-refractivity contribution in [3.05, 3.63) is 59.7 Å². The van der Waals surface area contributed by atoms with Crippen LogP contribution < -0.4 is 10.2 Å². The van der Waals surface area contributed by atoms with Crippen LogP contribution in [0.1, 0.15) is 235 Å². The molecular formula is C55H99N3O4S. The molecule has 0 heterocycles. The second kappa shape index (κ2) is 37.8. The second-order valence-electron chi connectivity index (χ2n) is 19.6. The third-order valence-corrected chi connectivity index (χ3v) is 14.0. The van der Waals surface area contributed by atoms with Crippen molar-refractivity contribution in [1.29, 1.82) is 0 Å². The molecule has 0 fully saturated rings. The molecule has 2 aromatic rings. The van der Waals surface area contributed by atoms with E-state index in [0.29, 0.717) is 0 Å². The van der Waals surface area contributed by atoms with E-state index in [1.165, 1.54) is 211 Å². The number of quaternary nitrogens is 1. The van der Waals surface area contributed by atoms with Crippen LogP contribution in [0.5, 0.6) is 0 Å². The van der Waals surface area contributed by atoms with Crippen LogP contribution in [0.4, 0.5) is 5.69 Å². The standard InChI is InChI=1S/C48H91N3O.C7H8O3S/c1-7-9-11-13-15-17-19-21-23-25-27-29-31-33-35-38-47(37-34-32-30-28-26-24-22-20-18-16-14-12-10-8-2)51(5,6)44-36-43-49-48(52)45-39-41-46(42-40-45)50(3)4;1-6-2-4-7(5-3-6)11(8,9)10/h39-42,47H,7-38,43-44H2,1-6H3;2-5H,1H3,(H,8,9,10). The molecule has 0 aliphatic heterocycles. The van der Waals surface area contributed by atoms with Crippen molar-refractivity contribution in [2.24, 2.45) is 0 Å². The van der Waals surface area contributed by atoms with Crippen molar-refractivity contribution < 1.29 is 22.2 Å². The fourth-order valence-corrected chi connectivity index (χ4v) is 9.23. The van der Waals surface area contributed by atoms with E-state index in [2.05, 4.69) is 38.2 Å². The molecule has 63 heavy (non-hydrogen) atoms. The van der Waals surface area contributed by atoms with Gasteiger partial charge in [-0.3, -0.25) is 4.79 Å². The van der Waals surface area contributed by atoms with E-state index in [0.717, 1.165) is 46.8 Å². The van der Waals surface area contributed by atoms with Gasteiger partial charge in [0.05, 0.1) is 31.6 Å². The lowest BCUT2D eigenvalue weighted by Gasteiger charge is -2.39. The lowest BCUT2D eigenvalue weighted by molar-refractivity contribution is -0.916. The summed E-state index contributed by atoms with van der Waals surface area (Å²) in [6, 6.07) is 14.4. The normalized spacial score (nSPS) is 12.2. The minimum atomic E-state index is -4.27. The van der Waals surface area contributed by atoms with E-state index >= 15 is 0 Å². The molecule has 364 valence electrons. The van der Waals surface area contributed by atoms with Crippen molar-refractivity contribution in [3.63, 3.8) is 0 Å². The third-order valence-electron chi connectivity index (χ3n) is 13.2. The van der Waals surface area contributed by atoms with E-state index in [1.54, 1.807) is 12.1 Å². The highest BCUT2D eigenvalue weighted by Crippen LogP contribution is 2.23. The average molecular weight is 898 g/mol. The Kier molecular flexibility index (Phi) is 35.1. The Balaban J connectivity index is 0.00000156. The fourth-order valence-electron chi connectivity index (χ4n) is 8.76. The molecule has 1 N–H and O–H groups in total. The summed E-state index contributed by atoms with van der Waals surface area (Å²) in [5, 5.41) is 3.19. The van der Waals surface area contributed by atoms with E-state index < -0.39 is 10.1 Å².